The van der Waals surface area contributed by atoms with E-state index in [0.29, 0.717) is 0 Å². The molecular weight excluding hydrogens is 150 g/mol. The van der Waals surface area contributed by atoms with Crippen molar-refractivity contribution in [3.8, 4) is 0 Å². The lowest BCUT2D eigenvalue weighted by molar-refractivity contribution is 0.290. The summed E-state index contributed by atoms with van der Waals surface area (Å²) in [6, 6.07) is 3.87. The third-order valence-electron chi connectivity index (χ3n) is 1.71. The van der Waals surface area contributed by atoms with E-state index in [1.165, 1.54) is 0 Å². The van der Waals surface area contributed by atoms with Crippen LogP contribution in [0.5, 0.6) is 0 Å². The smallest absolute Gasteiger partial charge is 0.0434 e. The number of rotatable bonds is 4. The molecule has 64 valence electrons. The zero-order valence-electron chi connectivity index (χ0n) is 7.03. The molecule has 1 rings (SSSR count). The maximum atomic E-state index is 8.61. The van der Waals surface area contributed by atoms with E-state index in [1.807, 2.05) is 12.1 Å². The van der Waals surface area contributed by atoms with E-state index in [2.05, 4.69) is 11.6 Å². The van der Waals surface area contributed by atoms with Gasteiger partial charge in [0.05, 0.1) is 0 Å². The monoisotopic (exact) mass is 163 g/mol. The molecule has 0 spiro atoms. The first-order valence-corrected chi connectivity index (χ1v) is 4.03. The zero-order valence-corrected chi connectivity index (χ0v) is 7.03. The van der Waals surface area contributed by atoms with Crippen LogP contribution in [0.15, 0.2) is 31.1 Å². The molecule has 1 aromatic heterocycles. The van der Waals surface area contributed by atoms with Crippen LogP contribution in [0.1, 0.15) is 18.4 Å². The summed E-state index contributed by atoms with van der Waals surface area (Å²) in [7, 11) is 0. The van der Waals surface area contributed by atoms with Gasteiger partial charge in [0, 0.05) is 19.0 Å². The molecule has 0 amide bonds. The van der Waals surface area contributed by atoms with Gasteiger partial charge >= 0.3 is 0 Å². The number of pyridine rings is 1. The zero-order chi connectivity index (χ0) is 8.81. The summed E-state index contributed by atoms with van der Waals surface area (Å²) in [6.45, 7) is 4.13. The minimum atomic E-state index is 0.222. The normalized spacial score (nSPS) is 9.75. The Balaban J connectivity index is 2.54. The molecule has 0 aliphatic carbocycles. The maximum absolute atomic E-state index is 8.61. The second kappa shape index (κ2) is 4.67. The predicted octanol–water partition coefficient (Wildman–Crippen LogP) is 1.87. The molecule has 2 nitrogen and oxygen atoms in total. The molecule has 0 aliphatic rings. The van der Waals surface area contributed by atoms with Crippen LogP contribution in [0.25, 0.3) is 5.57 Å². The Morgan fingerprint density at radius 3 is 3.00 bits per heavy atom. The van der Waals surface area contributed by atoms with E-state index in [1.54, 1.807) is 12.4 Å². The Bertz CT molecular complexity index is 243. The number of hydrogen-bond acceptors (Lipinski definition) is 2. The highest BCUT2D eigenvalue weighted by molar-refractivity contribution is 5.62. The number of aromatic nitrogens is 1. The summed E-state index contributed by atoms with van der Waals surface area (Å²) in [4.78, 5) is 3.99. The highest BCUT2D eigenvalue weighted by atomic mass is 16.2. The lowest BCUT2D eigenvalue weighted by atomic mass is 10.1. The Labute approximate surface area is 72.6 Å². The van der Waals surface area contributed by atoms with Crippen LogP contribution in [0, 0.1) is 0 Å². The van der Waals surface area contributed by atoms with Crippen LogP contribution in [-0.4, -0.2) is 16.7 Å². The molecule has 0 bridgehead atoms. The first kappa shape index (κ1) is 8.94. The summed E-state index contributed by atoms with van der Waals surface area (Å²) < 4.78 is 0. The fraction of sp³-hybridized carbons (Fsp3) is 0.300. The Morgan fingerprint density at radius 2 is 2.42 bits per heavy atom. The van der Waals surface area contributed by atoms with Crippen molar-refractivity contribution < 1.29 is 5.11 Å². The minimum Gasteiger partial charge on any atom is -0.396 e. The van der Waals surface area contributed by atoms with Crippen molar-refractivity contribution in [3.63, 3.8) is 0 Å². The van der Waals surface area contributed by atoms with Crippen molar-refractivity contribution in [2.24, 2.45) is 0 Å². The van der Waals surface area contributed by atoms with E-state index in [9.17, 15) is 0 Å². The molecule has 1 aromatic rings. The summed E-state index contributed by atoms with van der Waals surface area (Å²) in [5.41, 5.74) is 2.10. The fourth-order valence-electron chi connectivity index (χ4n) is 1.01. The van der Waals surface area contributed by atoms with Gasteiger partial charge in [-0.3, -0.25) is 4.98 Å². The van der Waals surface area contributed by atoms with Gasteiger partial charge in [0.25, 0.3) is 0 Å². The van der Waals surface area contributed by atoms with Crippen molar-refractivity contribution in [2.75, 3.05) is 6.61 Å². The van der Waals surface area contributed by atoms with Crippen molar-refractivity contribution in [2.45, 2.75) is 12.8 Å². The van der Waals surface area contributed by atoms with E-state index in [4.69, 9.17) is 5.11 Å². The highest BCUT2D eigenvalue weighted by Crippen LogP contribution is 2.15. The van der Waals surface area contributed by atoms with Crippen LogP contribution >= 0.6 is 0 Å². The van der Waals surface area contributed by atoms with Crippen molar-refractivity contribution >= 4 is 5.57 Å². The Hall–Kier alpha value is -1.15. The van der Waals surface area contributed by atoms with Gasteiger partial charge < -0.3 is 5.11 Å². The van der Waals surface area contributed by atoms with Crippen LogP contribution < -0.4 is 0 Å². The van der Waals surface area contributed by atoms with Gasteiger partial charge in [0.2, 0.25) is 0 Å². The third-order valence-corrected chi connectivity index (χ3v) is 1.71. The third kappa shape index (κ3) is 2.47. The first-order valence-electron chi connectivity index (χ1n) is 4.03. The summed E-state index contributed by atoms with van der Waals surface area (Å²) in [5, 5.41) is 8.61. The van der Waals surface area contributed by atoms with Crippen LogP contribution in [-0.2, 0) is 0 Å². The lowest BCUT2D eigenvalue weighted by Crippen LogP contribution is -1.87. The second-order valence-electron chi connectivity index (χ2n) is 2.67. The molecule has 0 saturated heterocycles. The van der Waals surface area contributed by atoms with E-state index < -0.39 is 0 Å². The van der Waals surface area contributed by atoms with Crippen LogP contribution in [0.3, 0.4) is 0 Å². The second-order valence-corrected chi connectivity index (χ2v) is 2.67. The Kier molecular flexibility index (Phi) is 3.48. The molecule has 1 heterocycles. The van der Waals surface area contributed by atoms with Crippen molar-refractivity contribution in [3.05, 3.63) is 36.7 Å². The number of aliphatic hydroxyl groups excluding tert-OH is 1. The van der Waals surface area contributed by atoms with Gasteiger partial charge in [-0.2, -0.15) is 0 Å². The summed E-state index contributed by atoms with van der Waals surface area (Å²) in [6.07, 6.45) is 5.14. The number of allylic oxidation sites excluding steroid dienone is 1. The van der Waals surface area contributed by atoms with Crippen molar-refractivity contribution in [1.29, 1.82) is 0 Å². The summed E-state index contributed by atoms with van der Waals surface area (Å²) in [5.74, 6) is 0. The highest BCUT2D eigenvalue weighted by Gasteiger charge is 1.96. The molecule has 0 unspecified atom stereocenters. The molecule has 1 N–H and O–H groups in total. The van der Waals surface area contributed by atoms with Gasteiger partial charge in [-0.25, -0.2) is 0 Å². The first-order chi connectivity index (χ1) is 5.84. The van der Waals surface area contributed by atoms with Gasteiger partial charge in [-0.1, -0.05) is 12.6 Å². The number of nitrogens with zero attached hydrogens (tertiary/aromatic N) is 1. The number of hydrogen-bond donors (Lipinski definition) is 1. The van der Waals surface area contributed by atoms with E-state index in [0.717, 1.165) is 24.0 Å². The Morgan fingerprint density at radius 1 is 1.58 bits per heavy atom. The topological polar surface area (TPSA) is 33.1 Å². The summed E-state index contributed by atoms with van der Waals surface area (Å²) >= 11 is 0. The molecule has 12 heavy (non-hydrogen) atoms. The largest absolute Gasteiger partial charge is 0.396 e. The maximum Gasteiger partial charge on any atom is 0.0434 e. The van der Waals surface area contributed by atoms with Gasteiger partial charge in [-0.15, -0.1) is 0 Å². The van der Waals surface area contributed by atoms with E-state index >= 15 is 0 Å². The molecular formula is C10H13NO. The van der Waals surface area contributed by atoms with Crippen molar-refractivity contribution in [1.82, 2.24) is 4.98 Å². The van der Waals surface area contributed by atoms with Gasteiger partial charge in [0.1, 0.15) is 0 Å². The lowest BCUT2D eigenvalue weighted by Gasteiger charge is -2.02. The molecule has 0 atom stereocenters. The van der Waals surface area contributed by atoms with Crippen LogP contribution in [0.4, 0.5) is 0 Å². The van der Waals surface area contributed by atoms with E-state index in [-0.39, 0.29) is 6.61 Å². The number of aliphatic hydroxyl groups is 1. The molecule has 0 saturated carbocycles. The SMILES string of the molecule is C=C(CCCO)c1cccnc1. The quantitative estimate of drug-likeness (QED) is 0.735. The molecule has 0 aliphatic heterocycles. The minimum absolute atomic E-state index is 0.222. The predicted molar refractivity (Wildman–Crippen MR) is 49.6 cm³/mol. The average molecular weight is 163 g/mol. The van der Waals surface area contributed by atoms with Crippen LogP contribution in [0.2, 0.25) is 0 Å². The average Bonchev–Trinajstić information content (AvgIpc) is 2.15. The molecule has 0 aromatic carbocycles. The standard InChI is InChI=1S/C10H13NO/c1-9(4-3-7-12)10-5-2-6-11-8-10/h2,5-6,8,12H,1,3-4,7H2. The molecule has 0 fully saturated rings. The van der Waals surface area contributed by atoms with Gasteiger partial charge in [-0.05, 0) is 30.0 Å². The molecule has 2 heteroatoms. The van der Waals surface area contributed by atoms with Gasteiger partial charge in [0.15, 0.2) is 0 Å². The molecule has 0 radical (unpaired) electrons. The fourth-order valence-corrected chi connectivity index (χ4v) is 1.01.